The summed E-state index contributed by atoms with van der Waals surface area (Å²) in [6.45, 7) is 5.04. The van der Waals surface area contributed by atoms with Crippen LogP contribution in [0.4, 0.5) is 0 Å². The Bertz CT molecular complexity index is 840. The lowest BCUT2D eigenvalue weighted by Crippen LogP contribution is -2.40. The maximum absolute atomic E-state index is 13.0. The Balaban J connectivity index is 0.00000240. The summed E-state index contributed by atoms with van der Waals surface area (Å²) in [5.74, 6) is 0.0991. The molecule has 0 saturated carbocycles. The molecule has 1 aromatic heterocycles. The lowest BCUT2D eigenvalue weighted by molar-refractivity contribution is 0.0644. The van der Waals surface area contributed by atoms with Crippen LogP contribution in [0, 0.1) is 12.8 Å². The molecule has 2 aliphatic heterocycles. The van der Waals surface area contributed by atoms with Crippen molar-refractivity contribution in [1.29, 1.82) is 0 Å². The van der Waals surface area contributed by atoms with Gasteiger partial charge in [0.2, 0.25) is 0 Å². The van der Waals surface area contributed by atoms with Crippen LogP contribution in [0.15, 0.2) is 30.3 Å². The SMILES string of the molecule is Cc1c(C(=O)N2CCC(C(=O)c3ccccc3)CC2)nnn1C1CCNCC1.Cl. The average Bonchev–Trinajstić information content (AvgIpc) is 3.15. The summed E-state index contributed by atoms with van der Waals surface area (Å²) in [7, 11) is 0. The van der Waals surface area contributed by atoms with Crippen molar-refractivity contribution in [2.24, 2.45) is 5.92 Å². The Kier molecular flexibility index (Phi) is 7.03. The second kappa shape index (κ2) is 9.50. The summed E-state index contributed by atoms with van der Waals surface area (Å²) in [6, 6.07) is 9.73. The van der Waals surface area contributed by atoms with Crippen LogP contribution in [0.3, 0.4) is 0 Å². The fraction of sp³-hybridized carbons (Fsp3) is 0.524. The van der Waals surface area contributed by atoms with Crippen molar-refractivity contribution in [3.8, 4) is 0 Å². The Morgan fingerprint density at radius 3 is 2.34 bits per heavy atom. The van der Waals surface area contributed by atoms with Gasteiger partial charge in [0.05, 0.1) is 11.7 Å². The average molecular weight is 418 g/mol. The minimum absolute atomic E-state index is 0. The molecule has 1 amide bonds. The Morgan fingerprint density at radius 1 is 1.03 bits per heavy atom. The molecule has 7 nitrogen and oxygen atoms in total. The summed E-state index contributed by atoms with van der Waals surface area (Å²) in [4.78, 5) is 27.4. The van der Waals surface area contributed by atoms with Crippen LogP contribution in [0.1, 0.15) is 58.3 Å². The molecule has 4 rings (SSSR count). The van der Waals surface area contributed by atoms with Gasteiger partial charge in [-0.3, -0.25) is 9.59 Å². The fourth-order valence-electron chi connectivity index (χ4n) is 4.27. The number of Topliss-reactive ketones (excluding diaryl/α,β-unsaturated/α-hetero) is 1. The van der Waals surface area contributed by atoms with Gasteiger partial charge in [0, 0.05) is 24.6 Å². The second-order valence-corrected chi connectivity index (χ2v) is 7.75. The minimum Gasteiger partial charge on any atom is -0.337 e. The molecule has 0 aliphatic carbocycles. The van der Waals surface area contributed by atoms with Gasteiger partial charge in [-0.05, 0) is 45.7 Å². The maximum atomic E-state index is 13.0. The van der Waals surface area contributed by atoms with E-state index < -0.39 is 0 Å². The van der Waals surface area contributed by atoms with E-state index in [1.807, 2.05) is 46.8 Å². The molecule has 1 aromatic carbocycles. The zero-order valence-electron chi connectivity index (χ0n) is 16.7. The van der Waals surface area contributed by atoms with Crippen molar-refractivity contribution in [3.05, 3.63) is 47.3 Å². The second-order valence-electron chi connectivity index (χ2n) is 7.75. The van der Waals surface area contributed by atoms with E-state index in [1.165, 1.54) is 0 Å². The molecule has 0 unspecified atom stereocenters. The number of carbonyl (C=O) groups excluding carboxylic acids is 2. The predicted molar refractivity (Wildman–Crippen MR) is 113 cm³/mol. The van der Waals surface area contributed by atoms with Crippen molar-refractivity contribution in [3.63, 3.8) is 0 Å². The van der Waals surface area contributed by atoms with E-state index in [9.17, 15) is 9.59 Å². The Hall–Kier alpha value is -2.25. The van der Waals surface area contributed by atoms with Gasteiger partial charge in [-0.2, -0.15) is 0 Å². The highest BCUT2D eigenvalue weighted by atomic mass is 35.5. The molecule has 0 bridgehead atoms. The van der Waals surface area contributed by atoms with E-state index in [-0.39, 0.29) is 30.0 Å². The first-order valence-corrected chi connectivity index (χ1v) is 10.2. The van der Waals surface area contributed by atoms with Crippen LogP contribution < -0.4 is 5.32 Å². The van der Waals surface area contributed by atoms with Crippen LogP contribution in [0.25, 0.3) is 0 Å². The van der Waals surface area contributed by atoms with Crippen molar-refractivity contribution in [2.75, 3.05) is 26.2 Å². The van der Waals surface area contributed by atoms with Gasteiger partial charge in [0.15, 0.2) is 11.5 Å². The van der Waals surface area contributed by atoms with E-state index >= 15 is 0 Å². The minimum atomic E-state index is -0.0664. The summed E-state index contributed by atoms with van der Waals surface area (Å²) < 4.78 is 1.92. The predicted octanol–water partition coefficient (Wildman–Crippen LogP) is 2.67. The third-order valence-corrected chi connectivity index (χ3v) is 6.00. The number of hydrogen-bond acceptors (Lipinski definition) is 5. The van der Waals surface area contributed by atoms with Gasteiger partial charge in [0.1, 0.15) is 0 Å². The number of carbonyl (C=O) groups is 2. The van der Waals surface area contributed by atoms with Gasteiger partial charge < -0.3 is 10.2 Å². The van der Waals surface area contributed by atoms with Crippen molar-refractivity contribution in [2.45, 2.75) is 38.6 Å². The number of rotatable bonds is 4. The zero-order chi connectivity index (χ0) is 19.5. The molecule has 1 N–H and O–H groups in total. The first kappa shape index (κ1) is 21.5. The van der Waals surface area contributed by atoms with Crippen LogP contribution >= 0.6 is 12.4 Å². The molecule has 2 aliphatic rings. The molecule has 2 aromatic rings. The van der Waals surface area contributed by atoms with Crippen LogP contribution in [-0.4, -0.2) is 57.8 Å². The molecule has 3 heterocycles. The lowest BCUT2D eigenvalue weighted by Gasteiger charge is -2.31. The van der Waals surface area contributed by atoms with E-state index in [0.29, 0.717) is 37.7 Å². The molecule has 0 spiro atoms. The number of benzene rings is 1. The number of aromatic nitrogens is 3. The first-order valence-electron chi connectivity index (χ1n) is 10.2. The van der Waals surface area contributed by atoms with Crippen molar-refractivity contribution < 1.29 is 9.59 Å². The molecular formula is C21H28ClN5O2. The molecule has 8 heteroatoms. The van der Waals surface area contributed by atoms with E-state index in [4.69, 9.17) is 0 Å². The number of nitrogens with zero attached hydrogens (tertiary/aromatic N) is 4. The van der Waals surface area contributed by atoms with E-state index in [0.717, 1.165) is 37.2 Å². The van der Waals surface area contributed by atoms with Gasteiger partial charge in [-0.15, -0.1) is 17.5 Å². The third kappa shape index (κ3) is 4.51. The maximum Gasteiger partial charge on any atom is 0.276 e. The monoisotopic (exact) mass is 417 g/mol. The van der Waals surface area contributed by atoms with Crippen LogP contribution in [0.5, 0.6) is 0 Å². The first-order chi connectivity index (χ1) is 13.6. The summed E-state index contributed by atoms with van der Waals surface area (Å²) >= 11 is 0. The van der Waals surface area contributed by atoms with Crippen LogP contribution in [-0.2, 0) is 0 Å². The molecule has 156 valence electrons. The van der Waals surface area contributed by atoms with Crippen molar-refractivity contribution >= 4 is 24.1 Å². The number of ketones is 1. The van der Waals surface area contributed by atoms with E-state index in [1.54, 1.807) is 0 Å². The number of nitrogens with one attached hydrogen (secondary N) is 1. The molecule has 2 saturated heterocycles. The summed E-state index contributed by atoms with van der Waals surface area (Å²) in [6.07, 6.45) is 3.40. The Labute approximate surface area is 177 Å². The fourth-order valence-corrected chi connectivity index (χ4v) is 4.27. The third-order valence-electron chi connectivity index (χ3n) is 6.00. The molecule has 29 heavy (non-hydrogen) atoms. The summed E-state index contributed by atoms with van der Waals surface area (Å²) in [5.41, 5.74) is 2.05. The number of likely N-dealkylation sites (tertiary alicyclic amines) is 1. The van der Waals surface area contributed by atoms with Gasteiger partial charge >= 0.3 is 0 Å². The highest BCUT2D eigenvalue weighted by molar-refractivity contribution is 5.98. The standard InChI is InChI=1S/C21H27N5O2.ClH/c1-15-19(23-24-26(15)18-7-11-22-12-8-18)21(28)25-13-9-17(10-14-25)20(27)16-5-3-2-4-6-16;/h2-6,17-18,22H,7-14H2,1H3;1H. The molecule has 0 radical (unpaired) electrons. The highest BCUT2D eigenvalue weighted by Gasteiger charge is 2.31. The number of piperidine rings is 2. The molecule has 0 atom stereocenters. The lowest BCUT2D eigenvalue weighted by atomic mass is 9.89. The van der Waals surface area contributed by atoms with Crippen LogP contribution in [0.2, 0.25) is 0 Å². The normalized spacial score (nSPS) is 18.3. The molecular weight excluding hydrogens is 390 g/mol. The number of amides is 1. The smallest absolute Gasteiger partial charge is 0.276 e. The zero-order valence-corrected chi connectivity index (χ0v) is 17.5. The van der Waals surface area contributed by atoms with Gasteiger partial charge in [0.25, 0.3) is 5.91 Å². The summed E-state index contributed by atoms with van der Waals surface area (Å²) in [5, 5.41) is 11.8. The highest BCUT2D eigenvalue weighted by Crippen LogP contribution is 2.25. The topological polar surface area (TPSA) is 80.1 Å². The quantitative estimate of drug-likeness (QED) is 0.773. The Morgan fingerprint density at radius 2 is 1.69 bits per heavy atom. The number of hydrogen-bond donors (Lipinski definition) is 1. The largest absolute Gasteiger partial charge is 0.337 e. The van der Waals surface area contributed by atoms with Crippen molar-refractivity contribution in [1.82, 2.24) is 25.2 Å². The van der Waals surface area contributed by atoms with Gasteiger partial charge in [-0.25, -0.2) is 4.68 Å². The number of halogens is 1. The molecule has 2 fully saturated rings. The van der Waals surface area contributed by atoms with Gasteiger partial charge in [-0.1, -0.05) is 35.5 Å². The van der Waals surface area contributed by atoms with E-state index in [2.05, 4.69) is 15.6 Å².